The lowest BCUT2D eigenvalue weighted by atomic mass is 9.98. The van der Waals surface area contributed by atoms with Crippen molar-refractivity contribution in [3.63, 3.8) is 0 Å². The Morgan fingerprint density at radius 1 is 1.11 bits per heavy atom. The van der Waals surface area contributed by atoms with Gasteiger partial charge in [-0.05, 0) is 25.7 Å². The number of allylic oxidation sites excluding steroid dienone is 1. The van der Waals surface area contributed by atoms with Crippen LogP contribution < -0.4 is 0 Å². The first-order valence-corrected chi connectivity index (χ1v) is 7.57. The van der Waals surface area contributed by atoms with Crippen molar-refractivity contribution in [2.24, 2.45) is 5.92 Å². The Labute approximate surface area is 113 Å². The van der Waals surface area contributed by atoms with Crippen molar-refractivity contribution >= 4 is 5.97 Å². The Balaban J connectivity index is 3.71. The maximum absolute atomic E-state index is 11.8. The molecule has 0 amide bonds. The van der Waals surface area contributed by atoms with Gasteiger partial charge in [0.05, 0.1) is 12.5 Å². The highest BCUT2D eigenvalue weighted by Gasteiger charge is 2.16. The van der Waals surface area contributed by atoms with Crippen molar-refractivity contribution in [1.82, 2.24) is 0 Å². The molecule has 0 aliphatic rings. The second kappa shape index (κ2) is 12.7. The lowest BCUT2D eigenvalue weighted by Gasteiger charge is -2.13. The normalized spacial score (nSPS) is 12.8. The van der Waals surface area contributed by atoms with E-state index in [-0.39, 0.29) is 11.9 Å². The lowest BCUT2D eigenvalue weighted by Crippen LogP contribution is -2.17. The zero-order valence-electron chi connectivity index (χ0n) is 12.4. The lowest BCUT2D eigenvalue weighted by molar-refractivity contribution is -0.148. The molecule has 0 aliphatic carbocycles. The number of hydrogen-bond acceptors (Lipinski definition) is 2. The largest absolute Gasteiger partial charge is 0.465 e. The molecule has 0 aromatic rings. The number of carbonyl (C=O) groups is 1. The van der Waals surface area contributed by atoms with Crippen LogP contribution in [0.4, 0.5) is 0 Å². The van der Waals surface area contributed by atoms with Gasteiger partial charge in [-0.25, -0.2) is 0 Å². The van der Waals surface area contributed by atoms with Crippen LogP contribution in [0.25, 0.3) is 0 Å². The number of ether oxygens (including phenoxy) is 1. The fourth-order valence-corrected chi connectivity index (χ4v) is 1.94. The molecule has 0 bridgehead atoms. The smallest absolute Gasteiger partial charge is 0.308 e. The summed E-state index contributed by atoms with van der Waals surface area (Å²) in [4.78, 5) is 11.8. The minimum absolute atomic E-state index is 0.00102. The maximum Gasteiger partial charge on any atom is 0.308 e. The summed E-state index contributed by atoms with van der Waals surface area (Å²) in [6, 6.07) is 0. The van der Waals surface area contributed by atoms with E-state index >= 15 is 0 Å². The third kappa shape index (κ3) is 9.26. The predicted molar refractivity (Wildman–Crippen MR) is 77.5 cm³/mol. The summed E-state index contributed by atoms with van der Waals surface area (Å²) >= 11 is 0. The fourth-order valence-electron chi connectivity index (χ4n) is 1.94. The molecule has 2 nitrogen and oxygen atoms in total. The van der Waals surface area contributed by atoms with E-state index in [1.54, 1.807) is 0 Å². The first-order chi connectivity index (χ1) is 8.76. The monoisotopic (exact) mass is 254 g/mol. The van der Waals surface area contributed by atoms with Crippen LogP contribution >= 0.6 is 0 Å². The van der Waals surface area contributed by atoms with E-state index in [1.165, 1.54) is 19.3 Å². The first-order valence-electron chi connectivity index (χ1n) is 7.57. The summed E-state index contributed by atoms with van der Waals surface area (Å²) in [6.07, 6.45) is 12.9. The zero-order valence-corrected chi connectivity index (χ0v) is 12.4. The minimum Gasteiger partial charge on any atom is -0.465 e. The summed E-state index contributed by atoms with van der Waals surface area (Å²) < 4.78 is 5.31. The highest BCUT2D eigenvalue weighted by molar-refractivity contribution is 5.72. The van der Waals surface area contributed by atoms with E-state index in [0.717, 1.165) is 32.1 Å². The van der Waals surface area contributed by atoms with Gasteiger partial charge in [-0.3, -0.25) is 4.79 Å². The summed E-state index contributed by atoms with van der Waals surface area (Å²) in [6.45, 7) is 6.91. The molecule has 0 N–H and O–H groups in total. The van der Waals surface area contributed by atoms with Crippen LogP contribution in [0.1, 0.15) is 72.1 Å². The maximum atomic E-state index is 11.8. The molecule has 0 aliphatic heterocycles. The Bertz CT molecular complexity index is 221. The summed E-state index contributed by atoms with van der Waals surface area (Å²) in [5, 5.41) is 0. The predicted octanol–water partition coefficient (Wildman–Crippen LogP) is 4.88. The molecule has 0 heterocycles. The van der Waals surface area contributed by atoms with Gasteiger partial charge < -0.3 is 4.74 Å². The number of hydrogen-bond donors (Lipinski definition) is 0. The minimum atomic E-state index is -0.00102. The molecule has 0 saturated carbocycles. The van der Waals surface area contributed by atoms with Crippen LogP contribution in [0.2, 0.25) is 0 Å². The third-order valence-corrected chi connectivity index (χ3v) is 3.16. The van der Waals surface area contributed by atoms with Gasteiger partial charge in [0.15, 0.2) is 0 Å². The second-order valence-corrected chi connectivity index (χ2v) is 4.79. The van der Waals surface area contributed by atoms with Crippen molar-refractivity contribution in [3.8, 4) is 0 Å². The quantitative estimate of drug-likeness (QED) is 0.298. The molecule has 2 heteroatoms. The van der Waals surface area contributed by atoms with E-state index in [4.69, 9.17) is 4.74 Å². The van der Waals surface area contributed by atoms with Gasteiger partial charge in [0, 0.05) is 0 Å². The van der Waals surface area contributed by atoms with Crippen LogP contribution in [-0.4, -0.2) is 12.6 Å². The Kier molecular flexibility index (Phi) is 12.1. The van der Waals surface area contributed by atoms with Crippen LogP contribution in [0.3, 0.4) is 0 Å². The average molecular weight is 254 g/mol. The highest BCUT2D eigenvalue weighted by atomic mass is 16.5. The number of esters is 1. The Hall–Kier alpha value is -0.790. The van der Waals surface area contributed by atoms with Crippen LogP contribution in [0.5, 0.6) is 0 Å². The molecular formula is C16H30O2. The Morgan fingerprint density at radius 2 is 1.89 bits per heavy atom. The van der Waals surface area contributed by atoms with Gasteiger partial charge in [0.2, 0.25) is 0 Å². The van der Waals surface area contributed by atoms with E-state index in [9.17, 15) is 4.79 Å². The molecule has 0 radical (unpaired) electrons. The van der Waals surface area contributed by atoms with Crippen molar-refractivity contribution in [2.75, 3.05) is 6.61 Å². The van der Waals surface area contributed by atoms with Crippen molar-refractivity contribution < 1.29 is 9.53 Å². The van der Waals surface area contributed by atoms with Gasteiger partial charge in [-0.15, -0.1) is 0 Å². The topological polar surface area (TPSA) is 26.3 Å². The highest BCUT2D eigenvalue weighted by Crippen LogP contribution is 2.16. The van der Waals surface area contributed by atoms with Gasteiger partial charge in [-0.2, -0.15) is 0 Å². The summed E-state index contributed by atoms with van der Waals surface area (Å²) in [5.41, 5.74) is 0. The third-order valence-electron chi connectivity index (χ3n) is 3.16. The number of unbranched alkanes of at least 4 members (excludes halogenated alkanes) is 3. The molecule has 0 aromatic heterocycles. The SMILES string of the molecule is CC/C=C\CCOC(=O)C(CC)CCCCCC. The van der Waals surface area contributed by atoms with Crippen LogP contribution in [0, 0.1) is 5.92 Å². The molecule has 0 rings (SSSR count). The molecule has 1 unspecified atom stereocenters. The molecule has 0 spiro atoms. The van der Waals surface area contributed by atoms with Crippen molar-refractivity contribution in [2.45, 2.75) is 72.1 Å². The fraction of sp³-hybridized carbons (Fsp3) is 0.812. The number of rotatable bonds is 11. The standard InChI is InChI=1S/C16H30O2/c1-4-7-9-11-13-15(6-3)16(17)18-14-12-10-8-5-2/h8,10,15H,4-7,9,11-14H2,1-3H3/b10-8-. The van der Waals surface area contributed by atoms with Gasteiger partial charge in [0.25, 0.3) is 0 Å². The van der Waals surface area contributed by atoms with E-state index in [2.05, 4.69) is 32.9 Å². The van der Waals surface area contributed by atoms with Gasteiger partial charge in [0.1, 0.15) is 0 Å². The average Bonchev–Trinajstić information content (AvgIpc) is 2.38. The first kappa shape index (κ1) is 17.2. The van der Waals surface area contributed by atoms with Crippen molar-refractivity contribution in [3.05, 3.63) is 12.2 Å². The van der Waals surface area contributed by atoms with E-state index in [0.29, 0.717) is 6.61 Å². The molecule has 0 saturated heterocycles. The van der Waals surface area contributed by atoms with E-state index in [1.807, 2.05) is 0 Å². The van der Waals surface area contributed by atoms with Gasteiger partial charge >= 0.3 is 5.97 Å². The van der Waals surface area contributed by atoms with Crippen LogP contribution in [0.15, 0.2) is 12.2 Å². The molecular weight excluding hydrogens is 224 g/mol. The second-order valence-electron chi connectivity index (χ2n) is 4.79. The van der Waals surface area contributed by atoms with Gasteiger partial charge in [-0.1, -0.05) is 58.6 Å². The Morgan fingerprint density at radius 3 is 2.50 bits per heavy atom. The molecule has 0 aromatic carbocycles. The molecule has 18 heavy (non-hydrogen) atoms. The zero-order chi connectivity index (χ0) is 13.6. The molecule has 1 atom stereocenters. The molecule has 106 valence electrons. The van der Waals surface area contributed by atoms with E-state index < -0.39 is 0 Å². The van der Waals surface area contributed by atoms with Crippen LogP contribution in [-0.2, 0) is 9.53 Å². The summed E-state index contributed by atoms with van der Waals surface area (Å²) in [7, 11) is 0. The summed E-state index contributed by atoms with van der Waals surface area (Å²) in [5.74, 6) is 0.107. The molecule has 0 fully saturated rings. The number of carbonyl (C=O) groups excluding carboxylic acids is 1. The van der Waals surface area contributed by atoms with Crippen molar-refractivity contribution in [1.29, 1.82) is 0 Å².